The summed E-state index contributed by atoms with van der Waals surface area (Å²) in [5, 5.41) is 15.0. The van der Waals surface area contributed by atoms with Crippen LogP contribution in [-0.4, -0.2) is 84.6 Å². The van der Waals surface area contributed by atoms with Gasteiger partial charge >= 0.3 is 0 Å². The van der Waals surface area contributed by atoms with E-state index in [2.05, 4.69) is 51.1 Å². The first-order valence-electron chi connectivity index (χ1n) is 13.0. The quantitative estimate of drug-likeness (QED) is 0.448. The minimum atomic E-state index is -3.02. The van der Waals surface area contributed by atoms with Crippen LogP contribution in [0.3, 0.4) is 0 Å². The van der Waals surface area contributed by atoms with E-state index in [1.807, 2.05) is 6.07 Å². The standard InChI is InChI=1S/C27H34F2N6O3S/c1-16(2)18-5-6-22(34-11-17(12-34)14-39(4,37)38)20-10-31-24(9-19(18)20)32-23-7-8-30-26(33-23)35-13-21(28)25(36)27(3,29)15-35/h5-10,16-17,21,25,36H,11-15H2,1-4H3,(H,30,31,32,33)/t21-,25-,27-/m0/s1. The highest BCUT2D eigenvalue weighted by molar-refractivity contribution is 7.90. The van der Waals surface area contributed by atoms with Crippen LogP contribution in [0.2, 0.25) is 0 Å². The number of fused-ring (bicyclic) bond motifs is 1. The summed E-state index contributed by atoms with van der Waals surface area (Å²) in [6.45, 7) is 6.34. The Balaban J connectivity index is 1.40. The number of aliphatic hydroxyl groups is 1. The third kappa shape index (κ3) is 5.76. The molecule has 2 saturated heterocycles. The van der Waals surface area contributed by atoms with Crippen molar-refractivity contribution in [2.75, 3.05) is 53.3 Å². The van der Waals surface area contributed by atoms with Crippen LogP contribution in [0.5, 0.6) is 0 Å². The normalized spacial score (nSPS) is 24.3. The summed E-state index contributed by atoms with van der Waals surface area (Å²) in [7, 11) is -3.02. The molecule has 39 heavy (non-hydrogen) atoms. The molecule has 12 heteroatoms. The number of nitrogens with one attached hydrogen (secondary N) is 1. The molecule has 210 valence electrons. The molecular formula is C27H34F2N6O3S. The number of aliphatic hydroxyl groups excluding tert-OH is 1. The van der Waals surface area contributed by atoms with E-state index < -0.39 is 27.8 Å². The summed E-state index contributed by atoms with van der Waals surface area (Å²) >= 11 is 0. The number of pyridine rings is 1. The van der Waals surface area contributed by atoms with E-state index in [0.29, 0.717) is 24.7 Å². The highest BCUT2D eigenvalue weighted by Gasteiger charge is 2.46. The van der Waals surface area contributed by atoms with Crippen LogP contribution in [0.1, 0.15) is 32.3 Å². The molecule has 9 nitrogen and oxygen atoms in total. The van der Waals surface area contributed by atoms with Crippen molar-refractivity contribution in [1.82, 2.24) is 15.0 Å². The topological polar surface area (TPSA) is 112 Å². The molecular weight excluding hydrogens is 526 g/mol. The molecule has 0 bridgehead atoms. The van der Waals surface area contributed by atoms with Crippen molar-refractivity contribution < 1.29 is 22.3 Å². The Morgan fingerprint density at radius 3 is 2.54 bits per heavy atom. The molecule has 2 aliphatic heterocycles. The number of piperidine rings is 1. The molecule has 4 heterocycles. The lowest BCUT2D eigenvalue weighted by atomic mass is 9.92. The van der Waals surface area contributed by atoms with Crippen molar-refractivity contribution in [1.29, 1.82) is 0 Å². The number of benzene rings is 1. The van der Waals surface area contributed by atoms with Crippen LogP contribution < -0.4 is 15.1 Å². The van der Waals surface area contributed by atoms with Gasteiger partial charge in [0.1, 0.15) is 33.7 Å². The lowest BCUT2D eigenvalue weighted by molar-refractivity contribution is -0.0545. The average molecular weight is 561 g/mol. The maximum absolute atomic E-state index is 14.7. The highest BCUT2D eigenvalue weighted by atomic mass is 32.2. The molecule has 2 aromatic heterocycles. The first-order chi connectivity index (χ1) is 18.3. The van der Waals surface area contributed by atoms with Crippen molar-refractivity contribution in [3.05, 3.63) is 42.2 Å². The fourth-order valence-corrected chi connectivity index (χ4v) is 6.53. The first kappa shape index (κ1) is 27.4. The fourth-order valence-electron chi connectivity index (χ4n) is 5.47. The summed E-state index contributed by atoms with van der Waals surface area (Å²) in [6.07, 6.45) is 1.13. The number of aromatic nitrogens is 3. The second-order valence-electron chi connectivity index (χ2n) is 11.3. The smallest absolute Gasteiger partial charge is 0.227 e. The second kappa shape index (κ2) is 10.1. The zero-order valence-corrected chi connectivity index (χ0v) is 23.3. The van der Waals surface area contributed by atoms with E-state index in [4.69, 9.17) is 0 Å². The van der Waals surface area contributed by atoms with Crippen molar-refractivity contribution >= 4 is 43.9 Å². The van der Waals surface area contributed by atoms with Gasteiger partial charge in [-0.15, -0.1) is 0 Å². The van der Waals surface area contributed by atoms with E-state index >= 15 is 0 Å². The summed E-state index contributed by atoms with van der Waals surface area (Å²) < 4.78 is 52.3. The van der Waals surface area contributed by atoms with E-state index in [-0.39, 0.29) is 36.6 Å². The molecule has 1 aromatic carbocycles. The molecule has 0 amide bonds. The number of hydrogen-bond acceptors (Lipinski definition) is 9. The van der Waals surface area contributed by atoms with Crippen LogP contribution in [0.15, 0.2) is 36.7 Å². The molecule has 3 aromatic rings. The lowest BCUT2D eigenvalue weighted by Gasteiger charge is -2.41. The number of anilines is 4. The lowest BCUT2D eigenvalue weighted by Crippen LogP contribution is -2.59. The van der Waals surface area contributed by atoms with Crippen LogP contribution in [0.25, 0.3) is 10.8 Å². The van der Waals surface area contributed by atoms with Crippen molar-refractivity contribution in [3.63, 3.8) is 0 Å². The van der Waals surface area contributed by atoms with E-state index in [0.717, 1.165) is 22.0 Å². The number of nitrogens with zero attached hydrogens (tertiary/aromatic N) is 5. The van der Waals surface area contributed by atoms with Gasteiger partial charge in [-0.05, 0) is 42.0 Å². The monoisotopic (exact) mass is 560 g/mol. The van der Waals surface area contributed by atoms with Crippen LogP contribution >= 0.6 is 0 Å². The van der Waals surface area contributed by atoms with Gasteiger partial charge in [0, 0.05) is 48.7 Å². The Morgan fingerprint density at radius 2 is 1.87 bits per heavy atom. The zero-order chi connectivity index (χ0) is 28.1. The highest BCUT2D eigenvalue weighted by Crippen LogP contribution is 2.37. The van der Waals surface area contributed by atoms with Gasteiger partial charge in [0.2, 0.25) is 5.95 Å². The van der Waals surface area contributed by atoms with Gasteiger partial charge in [0.25, 0.3) is 0 Å². The number of hydrogen-bond donors (Lipinski definition) is 2. The van der Waals surface area contributed by atoms with Crippen molar-refractivity contribution in [2.45, 2.75) is 44.6 Å². The summed E-state index contributed by atoms with van der Waals surface area (Å²) in [5.41, 5.74) is 0.0417. The molecule has 0 saturated carbocycles. The minimum absolute atomic E-state index is 0.117. The third-order valence-electron chi connectivity index (χ3n) is 7.41. The molecule has 0 spiro atoms. The van der Waals surface area contributed by atoms with Gasteiger partial charge in [-0.25, -0.2) is 27.2 Å². The third-order valence-corrected chi connectivity index (χ3v) is 8.48. The number of alkyl halides is 2. The molecule has 0 radical (unpaired) electrons. The van der Waals surface area contributed by atoms with Gasteiger partial charge in [-0.2, -0.15) is 4.98 Å². The Hall–Kier alpha value is -3.12. The maximum Gasteiger partial charge on any atom is 0.227 e. The molecule has 0 aliphatic carbocycles. The Morgan fingerprint density at radius 1 is 1.13 bits per heavy atom. The minimum Gasteiger partial charge on any atom is -0.387 e. The van der Waals surface area contributed by atoms with Gasteiger partial charge in [-0.1, -0.05) is 19.9 Å². The Labute approximate surface area is 227 Å². The number of rotatable bonds is 7. The first-order valence-corrected chi connectivity index (χ1v) is 15.1. The largest absolute Gasteiger partial charge is 0.387 e. The number of halogens is 2. The Kier molecular flexibility index (Phi) is 7.13. The maximum atomic E-state index is 14.7. The molecule has 3 atom stereocenters. The SMILES string of the molecule is CC(C)c1ccc(N2CC(CS(C)(=O)=O)C2)c2cnc(Nc3ccnc(N4C[C@H](F)[C@H](O)[C@@](C)(F)C4)n3)cc12. The van der Waals surface area contributed by atoms with Gasteiger partial charge in [0.05, 0.1) is 18.8 Å². The van der Waals surface area contributed by atoms with E-state index in [1.54, 1.807) is 12.3 Å². The van der Waals surface area contributed by atoms with Crippen LogP contribution in [0, 0.1) is 5.92 Å². The second-order valence-corrected chi connectivity index (χ2v) is 13.5. The fraction of sp³-hybridized carbons (Fsp3) is 0.519. The van der Waals surface area contributed by atoms with Gasteiger partial charge in [-0.3, -0.25) is 0 Å². The Bertz CT molecular complexity index is 1480. The molecule has 2 aliphatic rings. The van der Waals surface area contributed by atoms with Crippen LogP contribution in [0.4, 0.5) is 32.1 Å². The molecule has 5 rings (SSSR count). The van der Waals surface area contributed by atoms with E-state index in [1.165, 1.54) is 24.3 Å². The van der Waals surface area contributed by atoms with E-state index in [9.17, 15) is 22.3 Å². The predicted octanol–water partition coefficient (Wildman–Crippen LogP) is 3.62. The molecule has 2 fully saturated rings. The number of sulfone groups is 1. The zero-order valence-electron chi connectivity index (χ0n) is 22.5. The summed E-state index contributed by atoms with van der Waals surface area (Å²) in [6, 6.07) is 7.78. The van der Waals surface area contributed by atoms with Gasteiger partial charge < -0.3 is 20.2 Å². The van der Waals surface area contributed by atoms with Crippen LogP contribution in [-0.2, 0) is 9.84 Å². The molecule has 2 N–H and O–H groups in total. The average Bonchev–Trinajstić information content (AvgIpc) is 2.83. The summed E-state index contributed by atoms with van der Waals surface area (Å²) in [4.78, 5) is 16.8. The predicted molar refractivity (Wildman–Crippen MR) is 149 cm³/mol. The van der Waals surface area contributed by atoms with Gasteiger partial charge in [0.15, 0.2) is 5.67 Å². The van der Waals surface area contributed by atoms with Crippen molar-refractivity contribution in [2.24, 2.45) is 5.92 Å². The summed E-state index contributed by atoms with van der Waals surface area (Å²) in [5.74, 6) is 1.69. The van der Waals surface area contributed by atoms with Crippen molar-refractivity contribution in [3.8, 4) is 0 Å². The molecule has 0 unspecified atom stereocenters.